The Labute approximate surface area is 183 Å². The number of fused-ring (bicyclic) bond motifs is 1. The molecule has 31 heavy (non-hydrogen) atoms. The van der Waals surface area contributed by atoms with Crippen LogP contribution < -0.4 is 10.9 Å². The Bertz CT molecular complexity index is 1250. The first-order chi connectivity index (χ1) is 15.2. The normalized spacial score (nSPS) is 14.9. The van der Waals surface area contributed by atoms with Gasteiger partial charge >= 0.3 is 0 Å². The van der Waals surface area contributed by atoms with E-state index in [4.69, 9.17) is 16.6 Å². The summed E-state index contributed by atoms with van der Waals surface area (Å²) in [6, 6.07) is 9.38. The maximum absolute atomic E-state index is 12.7. The molecule has 9 heteroatoms. The van der Waals surface area contributed by atoms with Gasteiger partial charge in [-0.15, -0.1) is 0 Å². The van der Waals surface area contributed by atoms with E-state index >= 15 is 0 Å². The Hall–Kier alpha value is -3.07. The second-order valence-electron chi connectivity index (χ2n) is 7.65. The Morgan fingerprint density at radius 2 is 2.03 bits per heavy atom. The van der Waals surface area contributed by atoms with Crippen molar-refractivity contribution in [2.75, 3.05) is 26.2 Å². The number of aromatic amines is 1. The standard InChI is InChI=1S/C22H22ClN7O/c23-18-12-17-19(11-16(18)14-29-8-5-24-6-9-29)27-20(28-22(17)31)10-15-2-3-21(25-13-15)30-7-1-4-26-30/h1-4,7,11-13,24H,5-6,8-10,14H2,(H,27,28,31). The summed E-state index contributed by atoms with van der Waals surface area (Å²) < 4.78 is 1.70. The van der Waals surface area contributed by atoms with Crippen LogP contribution >= 0.6 is 11.6 Å². The van der Waals surface area contributed by atoms with Crippen molar-refractivity contribution in [3.63, 3.8) is 0 Å². The molecule has 1 fully saturated rings. The zero-order valence-electron chi connectivity index (χ0n) is 16.9. The van der Waals surface area contributed by atoms with Gasteiger partial charge in [-0.05, 0) is 35.4 Å². The molecule has 158 valence electrons. The van der Waals surface area contributed by atoms with E-state index in [1.54, 1.807) is 23.1 Å². The molecule has 3 aromatic heterocycles. The van der Waals surface area contributed by atoms with Crippen molar-refractivity contribution < 1.29 is 0 Å². The third-order valence-electron chi connectivity index (χ3n) is 5.45. The fourth-order valence-corrected chi connectivity index (χ4v) is 4.04. The minimum atomic E-state index is -0.184. The van der Waals surface area contributed by atoms with E-state index in [2.05, 4.69) is 25.3 Å². The second-order valence-corrected chi connectivity index (χ2v) is 8.06. The van der Waals surface area contributed by atoms with Gasteiger partial charge in [-0.25, -0.2) is 14.6 Å². The molecule has 4 heterocycles. The van der Waals surface area contributed by atoms with E-state index in [-0.39, 0.29) is 5.56 Å². The molecule has 8 nitrogen and oxygen atoms in total. The van der Waals surface area contributed by atoms with Crippen LogP contribution in [0.5, 0.6) is 0 Å². The van der Waals surface area contributed by atoms with Gasteiger partial charge in [-0.3, -0.25) is 9.69 Å². The number of rotatable bonds is 5. The highest BCUT2D eigenvalue weighted by molar-refractivity contribution is 6.32. The van der Waals surface area contributed by atoms with E-state index in [1.807, 2.05) is 30.5 Å². The van der Waals surface area contributed by atoms with Gasteiger partial charge in [0, 0.05) is 62.8 Å². The lowest BCUT2D eigenvalue weighted by Gasteiger charge is -2.27. The SMILES string of the molecule is O=c1[nH]c(Cc2ccc(-n3cccn3)nc2)nc2cc(CN3CCNCC3)c(Cl)cc12. The molecular weight excluding hydrogens is 414 g/mol. The Kier molecular flexibility index (Phi) is 5.50. The van der Waals surface area contributed by atoms with Crippen LogP contribution in [0.25, 0.3) is 16.7 Å². The summed E-state index contributed by atoms with van der Waals surface area (Å²) >= 11 is 6.48. The molecule has 1 aliphatic heterocycles. The monoisotopic (exact) mass is 435 g/mol. The van der Waals surface area contributed by atoms with Gasteiger partial charge in [0.05, 0.1) is 10.9 Å². The summed E-state index contributed by atoms with van der Waals surface area (Å²) in [4.78, 5) is 27.0. The van der Waals surface area contributed by atoms with Crippen molar-refractivity contribution >= 4 is 22.5 Å². The first-order valence-corrected chi connectivity index (χ1v) is 10.6. The van der Waals surface area contributed by atoms with Crippen molar-refractivity contribution in [2.24, 2.45) is 0 Å². The molecule has 0 spiro atoms. The van der Waals surface area contributed by atoms with Crippen LogP contribution in [0.4, 0.5) is 0 Å². The number of aromatic nitrogens is 5. The summed E-state index contributed by atoms with van der Waals surface area (Å²) in [5.41, 5.74) is 2.42. The molecule has 0 aliphatic carbocycles. The van der Waals surface area contributed by atoms with E-state index in [9.17, 15) is 4.79 Å². The van der Waals surface area contributed by atoms with Gasteiger partial charge in [-0.1, -0.05) is 17.7 Å². The number of H-pyrrole nitrogens is 1. The highest BCUT2D eigenvalue weighted by Crippen LogP contribution is 2.23. The average Bonchev–Trinajstić information content (AvgIpc) is 3.31. The van der Waals surface area contributed by atoms with E-state index in [0.29, 0.717) is 28.2 Å². The molecule has 2 N–H and O–H groups in total. The quantitative estimate of drug-likeness (QED) is 0.499. The van der Waals surface area contributed by atoms with Crippen LogP contribution in [0.1, 0.15) is 17.0 Å². The van der Waals surface area contributed by atoms with Crippen molar-refractivity contribution in [1.29, 1.82) is 0 Å². The van der Waals surface area contributed by atoms with Gasteiger partial charge in [0.15, 0.2) is 5.82 Å². The fourth-order valence-electron chi connectivity index (χ4n) is 3.82. The van der Waals surface area contributed by atoms with Crippen LogP contribution in [0.15, 0.2) is 53.7 Å². The van der Waals surface area contributed by atoms with E-state index in [0.717, 1.165) is 49.7 Å². The summed E-state index contributed by atoms with van der Waals surface area (Å²) in [7, 11) is 0. The minimum Gasteiger partial charge on any atom is -0.314 e. The summed E-state index contributed by atoms with van der Waals surface area (Å²) in [6.45, 7) is 4.65. The molecule has 0 bridgehead atoms. The lowest BCUT2D eigenvalue weighted by Crippen LogP contribution is -2.42. The zero-order valence-corrected chi connectivity index (χ0v) is 17.6. The van der Waals surface area contributed by atoms with Crippen LogP contribution in [-0.2, 0) is 13.0 Å². The topological polar surface area (TPSA) is 91.7 Å². The van der Waals surface area contributed by atoms with Gasteiger partial charge < -0.3 is 10.3 Å². The summed E-state index contributed by atoms with van der Waals surface area (Å²) in [6.07, 6.45) is 5.81. The number of nitrogens with one attached hydrogen (secondary N) is 2. The predicted molar refractivity (Wildman–Crippen MR) is 120 cm³/mol. The van der Waals surface area contributed by atoms with Gasteiger partial charge in [0.2, 0.25) is 0 Å². The largest absolute Gasteiger partial charge is 0.314 e. The highest BCUT2D eigenvalue weighted by Gasteiger charge is 2.14. The fraction of sp³-hybridized carbons (Fsp3) is 0.273. The van der Waals surface area contributed by atoms with Crippen molar-refractivity contribution in [3.8, 4) is 5.82 Å². The zero-order chi connectivity index (χ0) is 21.2. The van der Waals surface area contributed by atoms with Crippen LogP contribution in [-0.4, -0.2) is 55.8 Å². The molecule has 1 aliphatic rings. The molecule has 5 rings (SSSR count). The van der Waals surface area contributed by atoms with Crippen LogP contribution in [0, 0.1) is 0 Å². The molecule has 1 aromatic carbocycles. The van der Waals surface area contributed by atoms with Gasteiger partial charge in [0.25, 0.3) is 5.56 Å². The van der Waals surface area contributed by atoms with E-state index in [1.165, 1.54) is 0 Å². The smallest absolute Gasteiger partial charge is 0.258 e. The van der Waals surface area contributed by atoms with Gasteiger partial charge in [-0.2, -0.15) is 5.10 Å². The number of benzene rings is 1. The lowest BCUT2D eigenvalue weighted by atomic mass is 10.1. The molecular formula is C22H22ClN7O. The molecule has 4 aromatic rings. The number of pyridine rings is 1. The Morgan fingerprint density at radius 3 is 2.77 bits per heavy atom. The van der Waals surface area contributed by atoms with Crippen LogP contribution in [0.2, 0.25) is 5.02 Å². The molecule has 0 unspecified atom stereocenters. The summed E-state index contributed by atoms with van der Waals surface area (Å²) in [5.74, 6) is 1.34. The second kappa shape index (κ2) is 8.58. The third kappa shape index (κ3) is 4.36. The number of hydrogen-bond acceptors (Lipinski definition) is 6. The Balaban J connectivity index is 1.41. The molecule has 0 amide bonds. The number of halogens is 1. The maximum atomic E-state index is 12.7. The first-order valence-electron chi connectivity index (χ1n) is 10.2. The molecule has 0 radical (unpaired) electrons. The van der Waals surface area contributed by atoms with Crippen molar-refractivity contribution in [2.45, 2.75) is 13.0 Å². The number of hydrogen-bond donors (Lipinski definition) is 2. The van der Waals surface area contributed by atoms with E-state index < -0.39 is 0 Å². The minimum absolute atomic E-state index is 0.184. The Morgan fingerprint density at radius 1 is 1.16 bits per heavy atom. The molecule has 0 atom stereocenters. The average molecular weight is 436 g/mol. The number of nitrogens with zero attached hydrogens (tertiary/aromatic N) is 5. The summed E-state index contributed by atoms with van der Waals surface area (Å²) in [5, 5.41) is 8.64. The first kappa shape index (κ1) is 19.9. The molecule has 1 saturated heterocycles. The molecule has 0 saturated carbocycles. The lowest BCUT2D eigenvalue weighted by molar-refractivity contribution is 0.233. The maximum Gasteiger partial charge on any atom is 0.258 e. The highest BCUT2D eigenvalue weighted by atomic mass is 35.5. The van der Waals surface area contributed by atoms with Crippen molar-refractivity contribution in [3.05, 3.63) is 81.3 Å². The predicted octanol–water partition coefficient (Wildman–Crippen LogP) is 2.15. The third-order valence-corrected chi connectivity index (χ3v) is 5.80. The number of piperazine rings is 1. The van der Waals surface area contributed by atoms with Crippen molar-refractivity contribution in [1.82, 2.24) is 34.9 Å². The van der Waals surface area contributed by atoms with Crippen LogP contribution in [0.3, 0.4) is 0 Å². The van der Waals surface area contributed by atoms with Gasteiger partial charge in [0.1, 0.15) is 5.82 Å².